The minimum atomic E-state index is 0.0644. The number of pyridine rings is 1. The first-order valence-electron chi connectivity index (χ1n) is 6.18. The van der Waals surface area contributed by atoms with E-state index >= 15 is 0 Å². The third-order valence-electron chi connectivity index (χ3n) is 2.83. The lowest BCUT2D eigenvalue weighted by Gasteiger charge is -2.22. The molecular weight excluding hydrogens is 222 g/mol. The minimum Gasteiger partial charge on any atom is -0.487 e. The van der Waals surface area contributed by atoms with Crippen LogP contribution in [-0.2, 0) is 12.0 Å². The maximum Gasteiger partial charge on any atom is 0.141 e. The van der Waals surface area contributed by atoms with Gasteiger partial charge in [-0.25, -0.2) is 0 Å². The number of nitrogens with zero attached hydrogens (tertiary/aromatic N) is 1. The van der Waals surface area contributed by atoms with Crippen molar-refractivity contribution in [3.05, 3.63) is 59.9 Å². The first kappa shape index (κ1) is 12.6. The highest BCUT2D eigenvalue weighted by Crippen LogP contribution is 2.30. The van der Waals surface area contributed by atoms with E-state index in [2.05, 4.69) is 37.9 Å². The Morgan fingerprint density at radius 3 is 2.44 bits per heavy atom. The Bertz CT molecular complexity index is 500. The summed E-state index contributed by atoms with van der Waals surface area (Å²) in [6, 6.07) is 12.2. The normalized spacial score (nSPS) is 11.3. The van der Waals surface area contributed by atoms with Gasteiger partial charge in [-0.3, -0.25) is 4.98 Å². The molecule has 0 spiro atoms. The van der Waals surface area contributed by atoms with Crippen molar-refractivity contribution in [1.29, 1.82) is 0 Å². The number of ether oxygens (including phenoxy) is 1. The van der Waals surface area contributed by atoms with Crippen LogP contribution in [0, 0.1) is 0 Å². The van der Waals surface area contributed by atoms with Gasteiger partial charge in [-0.2, -0.15) is 0 Å². The fourth-order valence-electron chi connectivity index (χ4n) is 1.85. The summed E-state index contributed by atoms with van der Waals surface area (Å²) in [4.78, 5) is 4.15. The summed E-state index contributed by atoms with van der Waals surface area (Å²) < 4.78 is 5.89. The van der Waals surface area contributed by atoms with Gasteiger partial charge in [0.25, 0.3) is 0 Å². The van der Waals surface area contributed by atoms with Gasteiger partial charge in [-0.05, 0) is 17.0 Å². The SMILES string of the molecule is CC(C)(C)c1ccncc1OCc1ccccc1. The van der Waals surface area contributed by atoms with Crippen molar-refractivity contribution in [2.24, 2.45) is 0 Å². The van der Waals surface area contributed by atoms with Gasteiger partial charge in [0, 0.05) is 11.8 Å². The second-order valence-corrected chi connectivity index (χ2v) is 5.40. The van der Waals surface area contributed by atoms with Crippen LogP contribution in [0.5, 0.6) is 5.75 Å². The van der Waals surface area contributed by atoms with Crippen LogP contribution in [0.25, 0.3) is 0 Å². The van der Waals surface area contributed by atoms with E-state index in [-0.39, 0.29) is 5.41 Å². The standard InChI is InChI=1S/C16H19NO/c1-16(2,3)14-9-10-17-11-15(14)18-12-13-7-5-4-6-8-13/h4-11H,12H2,1-3H3. The molecule has 0 bridgehead atoms. The van der Waals surface area contributed by atoms with Gasteiger partial charge in [-0.15, -0.1) is 0 Å². The van der Waals surface area contributed by atoms with Gasteiger partial charge >= 0.3 is 0 Å². The minimum absolute atomic E-state index is 0.0644. The van der Waals surface area contributed by atoms with Crippen LogP contribution in [0.4, 0.5) is 0 Å². The number of aromatic nitrogens is 1. The molecule has 94 valence electrons. The Labute approximate surface area is 109 Å². The number of hydrogen-bond acceptors (Lipinski definition) is 2. The van der Waals surface area contributed by atoms with E-state index in [0.29, 0.717) is 6.61 Å². The topological polar surface area (TPSA) is 22.1 Å². The highest BCUT2D eigenvalue weighted by atomic mass is 16.5. The van der Waals surface area contributed by atoms with Crippen molar-refractivity contribution in [3.63, 3.8) is 0 Å². The molecule has 0 aliphatic heterocycles. The van der Waals surface area contributed by atoms with Crippen molar-refractivity contribution >= 4 is 0 Å². The third kappa shape index (κ3) is 3.10. The lowest BCUT2D eigenvalue weighted by atomic mass is 9.87. The first-order chi connectivity index (χ1) is 8.57. The molecule has 2 aromatic rings. The molecule has 0 unspecified atom stereocenters. The molecular formula is C16H19NO. The van der Waals surface area contributed by atoms with Crippen molar-refractivity contribution in [1.82, 2.24) is 4.98 Å². The maximum atomic E-state index is 5.89. The van der Waals surface area contributed by atoms with Crippen LogP contribution in [0.1, 0.15) is 31.9 Å². The van der Waals surface area contributed by atoms with E-state index in [1.807, 2.05) is 30.5 Å². The molecule has 0 N–H and O–H groups in total. The second kappa shape index (κ2) is 5.21. The van der Waals surface area contributed by atoms with Gasteiger partial charge < -0.3 is 4.74 Å². The predicted octanol–water partition coefficient (Wildman–Crippen LogP) is 3.96. The first-order valence-corrected chi connectivity index (χ1v) is 6.18. The van der Waals surface area contributed by atoms with E-state index in [0.717, 1.165) is 5.75 Å². The summed E-state index contributed by atoms with van der Waals surface area (Å²) in [6.07, 6.45) is 3.61. The van der Waals surface area contributed by atoms with Crippen LogP contribution < -0.4 is 4.74 Å². The molecule has 2 nitrogen and oxygen atoms in total. The molecule has 0 aliphatic rings. The molecule has 0 saturated heterocycles. The fourth-order valence-corrected chi connectivity index (χ4v) is 1.85. The van der Waals surface area contributed by atoms with Crippen molar-refractivity contribution < 1.29 is 4.74 Å². The Kier molecular flexibility index (Phi) is 3.66. The highest BCUT2D eigenvalue weighted by molar-refractivity contribution is 5.35. The van der Waals surface area contributed by atoms with Crippen molar-refractivity contribution in [2.75, 3.05) is 0 Å². The van der Waals surface area contributed by atoms with Crippen LogP contribution >= 0.6 is 0 Å². The molecule has 0 amide bonds. The van der Waals surface area contributed by atoms with Crippen LogP contribution in [0.3, 0.4) is 0 Å². The Morgan fingerprint density at radius 2 is 1.78 bits per heavy atom. The summed E-state index contributed by atoms with van der Waals surface area (Å²) in [5, 5.41) is 0. The maximum absolute atomic E-state index is 5.89. The van der Waals surface area contributed by atoms with Gasteiger partial charge in [0.05, 0.1) is 6.20 Å². The molecule has 0 atom stereocenters. The second-order valence-electron chi connectivity index (χ2n) is 5.40. The van der Waals surface area contributed by atoms with E-state index in [1.54, 1.807) is 6.20 Å². The average Bonchev–Trinajstić information content (AvgIpc) is 2.37. The fraction of sp³-hybridized carbons (Fsp3) is 0.312. The Hall–Kier alpha value is -1.83. The molecule has 1 aromatic carbocycles. The summed E-state index contributed by atoms with van der Waals surface area (Å²) in [5.41, 5.74) is 2.42. The molecule has 0 saturated carbocycles. The molecule has 0 radical (unpaired) electrons. The molecule has 2 heteroatoms. The smallest absolute Gasteiger partial charge is 0.141 e. The monoisotopic (exact) mass is 241 g/mol. The average molecular weight is 241 g/mol. The summed E-state index contributed by atoms with van der Waals surface area (Å²) >= 11 is 0. The van der Waals surface area contributed by atoms with Gasteiger partial charge in [0.2, 0.25) is 0 Å². The van der Waals surface area contributed by atoms with E-state index < -0.39 is 0 Å². The van der Waals surface area contributed by atoms with Gasteiger partial charge in [-0.1, -0.05) is 51.1 Å². The summed E-state index contributed by atoms with van der Waals surface area (Å²) in [6.45, 7) is 7.11. The quantitative estimate of drug-likeness (QED) is 0.811. The summed E-state index contributed by atoms with van der Waals surface area (Å²) in [5.74, 6) is 0.869. The van der Waals surface area contributed by atoms with Crippen LogP contribution in [0.2, 0.25) is 0 Å². The van der Waals surface area contributed by atoms with Crippen molar-refractivity contribution in [2.45, 2.75) is 32.8 Å². The van der Waals surface area contributed by atoms with E-state index in [1.165, 1.54) is 11.1 Å². The summed E-state index contributed by atoms with van der Waals surface area (Å²) in [7, 11) is 0. The van der Waals surface area contributed by atoms with Crippen LogP contribution in [0.15, 0.2) is 48.8 Å². The molecule has 18 heavy (non-hydrogen) atoms. The zero-order valence-corrected chi connectivity index (χ0v) is 11.2. The largest absolute Gasteiger partial charge is 0.487 e. The lowest BCUT2D eigenvalue weighted by Crippen LogP contribution is -2.13. The molecule has 2 rings (SSSR count). The van der Waals surface area contributed by atoms with Gasteiger partial charge in [0.15, 0.2) is 0 Å². The molecule has 1 aromatic heterocycles. The predicted molar refractivity (Wildman–Crippen MR) is 73.7 cm³/mol. The Morgan fingerprint density at radius 1 is 1.06 bits per heavy atom. The lowest BCUT2D eigenvalue weighted by molar-refractivity contribution is 0.296. The highest BCUT2D eigenvalue weighted by Gasteiger charge is 2.18. The number of rotatable bonds is 3. The van der Waals surface area contributed by atoms with Crippen molar-refractivity contribution in [3.8, 4) is 5.75 Å². The van der Waals surface area contributed by atoms with Gasteiger partial charge in [0.1, 0.15) is 12.4 Å². The zero-order valence-electron chi connectivity index (χ0n) is 11.2. The van der Waals surface area contributed by atoms with Crippen LogP contribution in [-0.4, -0.2) is 4.98 Å². The zero-order chi connectivity index (χ0) is 13.0. The van der Waals surface area contributed by atoms with E-state index in [9.17, 15) is 0 Å². The molecule has 1 heterocycles. The third-order valence-corrected chi connectivity index (χ3v) is 2.83. The number of benzene rings is 1. The number of hydrogen-bond donors (Lipinski definition) is 0. The Balaban J connectivity index is 2.15. The molecule has 0 fully saturated rings. The van der Waals surface area contributed by atoms with E-state index in [4.69, 9.17) is 4.74 Å². The molecule has 0 aliphatic carbocycles.